The van der Waals surface area contributed by atoms with Crippen LogP contribution in [0.25, 0.3) is 0 Å². The number of hydrogen-bond acceptors (Lipinski definition) is 2. The van der Waals surface area contributed by atoms with Crippen molar-refractivity contribution >= 4 is 21.7 Å². The van der Waals surface area contributed by atoms with Crippen LogP contribution in [0.1, 0.15) is 45.5 Å². The smallest absolute Gasteiger partial charge is 0.139 e. The molecule has 0 saturated heterocycles. The molecule has 1 heterocycles. The summed E-state index contributed by atoms with van der Waals surface area (Å²) in [6.45, 7) is 8.32. The number of ketones is 1. The van der Waals surface area contributed by atoms with E-state index in [0.29, 0.717) is 12.8 Å². The highest BCUT2D eigenvalue weighted by atomic mass is 79.9. The summed E-state index contributed by atoms with van der Waals surface area (Å²) < 4.78 is 2.80. The summed E-state index contributed by atoms with van der Waals surface area (Å²) in [7, 11) is 1.89. The van der Waals surface area contributed by atoms with Crippen molar-refractivity contribution in [3.05, 3.63) is 15.9 Å². The second-order valence-corrected chi connectivity index (χ2v) is 6.43. The first-order chi connectivity index (χ1) is 7.74. The molecule has 1 aromatic rings. The summed E-state index contributed by atoms with van der Waals surface area (Å²) in [5.41, 5.74) is 2.05. The van der Waals surface area contributed by atoms with Gasteiger partial charge in [0.05, 0.1) is 15.9 Å². The molecule has 3 nitrogen and oxygen atoms in total. The SMILES string of the molecule is CCc1nn(C)c(CC(=O)CC(C)(C)C)c1Br. The maximum Gasteiger partial charge on any atom is 0.139 e. The predicted octanol–water partition coefficient (Wildman–Crippen LogP) is 3.29. The molecule has 0 spiro atoms. The van der Waals surface area contributed by atoms with E-state index in [-0.39, 0.29) is 11.2 Å². The molecule has 1 aromatic heterocycles. The second kappa shape index (κ2) is 5.34. The van der Waals surface area contributed by atoms with Gasteiger partial charge in [-0.15, -0.1) is 0 Å². The number of hydrogen-bond donors (Lipinski definition) is 0. The molecule has 1 rings (SSSR count). The van der Waals surface area contributed by atoms with Gasteiger partial charge in [-0.3, -0.25) is 9.48 Å². The molecule has 0 aromatic carbocycles. The number of aromatic nitrogens is 2. The molecule has 0 fully saturated rings. The van der Waals surface area contributed by atoms with Gasteiger partial charge in [0.25, 0.3) is 0 Å². The molecule has 4 heteroatoms. The van der Waals surface area contributed by atoms with Crippen molar-refractivity contribution < 1.29 is 4.79 Å². The zero-order valence-corrected chi connectivity index (χ0v) is 12.9. The van der Waals surface area contributed by atoms with Gasteiger partial charge in [0, 0.05) is 19.9 Å². The first kappa shape index (κ1) is 14.4. The van der Waals surface area contributed by atoms with Gasteiger partial charge in [-0.1, -0.05) is 27.7 Å². The maximum atomic E-state index is 12.0. The lowest BCUT2D eigenvalue weighted by atomic mass is 9.89. The van der Waals surface area contributed by atoms with E-state index in [1.54, 1.807) is 0 Å². The van der Waals surface area contributed by atoms with E-state index in [1.807, 2.05) is 11.7 Å². The van der Waals surface area contributed by atoms with Crippen molar-refractivity contribution in [2.45, 2.75) is 47.0 Å². The molecular weight excluding hydrogens is 280 g/mol. The maximum absolute atomic E-state index is 12.0. The predicted molar refractivity (Wildman–Crippen MR) is 73.1 cm³/mol. The Kier molecular flexibility index (Phi) is 4.53. The van der Waals surface area contributed by atoms with Crippen LogP contribution in [0.5, 0.6) is 0 Å². The number of aryl methyl sites for hydroxylation is 2. The van der Waals surface area contributed by atoms with Crippen molar-refractivity contribution in [3.8, 4) is 0 Å². The lowest BCUT2D eigenvalue weighted by molar-refractivity contribution is -0.120. The van der Waals surface area contributed by atoms with Crippen molar-refractivity contribution in [2.24, 2.45) is 12.5 Å². The zero-order chi connectivity index (χ0) is 13.2. The van der Waals surface area contributed by atoms with Crippen molar-refractivity contribution in [3.63, 3.8) is 0 Å². The minimum Gasteiger partial charge on any atom is -0.299 e. The first-order valence-corrected chi connectivity index (χ1v) is 6.76. The van der Waals surface area contributed by atoms with Crippen LogP contribution in [0, 0.1) is 5.41 Å². The second-order valence-electron chi connectivity index (χ2n) is 5.64. The molecule has 0 aliphatic carbocycles. The van der Waals surface area contributed by atoms with Crippen molar-refractivity contribution in [1.29, 1.82) is 0 Å². The Morgan fingerprint density at radius 1 is 1.41 bits per heavy atom. The minimum absolute atomic E-state index is 0.0513. The first-order valence-electron chi connectivity index (χ1n) is 5.96. The summed E-state index contributed by atoms with van der Waals surface area (Å²) in [6.07, 6.45) is 1.94. The monoisotopic (exact) mass is 300 g/mol. The Balaban J connectivity index is 2.82. The summed E-state index contributed by atoms with van der Waals surface area (Å²) in [5, 5.41) is 4.40. The van der Waals surface area contributed by atoms with Crippen molar-refractivity contribution in [2.75, 3.05) is 0 Å². The van der Waals surface area contributed by atoms with Crippen LogP contribution in [0.3, 0.4) is 0 Å². The van der Waals surface area contributed by atoms with Crippen LogP contribution in [-0.2, 0) is 24.7 Å². The Labute approximate surface area is 112 Å². The highest BCUT2D eigenvalue weighted by molar-refractivity contribution is 9.10. The fourth-order valence-electron chi connectivity index (χ4n) is 1.85. The highest BCUT2D eigenvalue weighted by Gasteiger charge is 2.20. The number of carbonyl (C=O) groups excluding carboxylic acids is 1. The van der Waals surface area contributed by atoms with E-state index in [9.17, 15) is 4.79 Å². The molecule has 0 bridgehead atoms. The van der Waals surface area contributed by atoms with E-state index in [1.165, 1.54) is 0 Å². The number of Topliss-reactive ketones (excluding diaryl/α,β-unsaturated/α-hetero) is 1. The summed E-state index contributed by atoms with van der Waals surface area (Å²) in [5.74, 6) is 0.267. The fourth-order valence-corrected chi connectivity index (χ4v) is 2.61. The van der Waals surface area contributed by atoms with Gasteiger partial charge in [-0.25, -0.2) is 0 Å². The van der Waals surface area contributed by atoms with E-state index in [2.05, 4.69) is 48.7 Å². The number of rotatable bonds is 4. The third kappa shape index (κ3) is 3.95. The number of carbonyl (C=O) groups is 1. The molecule has 0 saturated carbocycles. The van der Waals surface area contributed by atoms with Gasteiger partial charge in [0.15, 0.2) is 0 Å². The van der Waals surface area contributed by atoms with Crippen LogP contribution in [-0.4, -0.2) is 15.6 Å². The third-order valence-corrected chi connectivity index (χ3v) is 3.51. The normalized spacial score (nSPS) is 11.9. The van der Waals surface area contributed by atoms with Gasteiger partial charge in [0.1, 0.15) is 5.78 Å². The average Bonchev–Trinajstić information content (AvgIpc) is 2.42. The number of nitrogens with zero attached hydrogens (tertiary/aromatic N) is 2. The van der Waals surface area contributed by atoms with Gasteiger partial charge >= 0.3 is 0 Å². The molecule has 0 radical (unpaired) electrons. The summed E-state index contributed by atoms with van der Waals surface area (Å²) in [4.78, 5) is 12.0. The lowest BCUT2D eigenvalue weighted by Crippen LogP contribution is -2.16. The fraction of sp³-hybridized carbons (Fsp3) is 0.692. The van der Waals surface area contributed by atoms with E-state index in [0.717, 1.165) is 22.3 Å². The third-order valence-electron chi connectivity index (χ3n) is 2.60. The van der Waals surface area contributed by atoms with Gasteiger partial charge < -0.3 is 0 Å². The highest BCUT2D eigenvalue weighted by Crippen LogP contribution is 2.25. The standard InChI is InChI=1S/C13H21BrN2O/c1-6-10-12(14)11(16(5)15-10)7-9(17)8-13(2,3)4/h6-8H2,1-5H3. The molecule has 0 aliphatic heterocycles. The minimum atomic E-state index is 0.0513. The molecule has 96 valence electrons. The average molecular weight is 301 g/mol. The van der Waals surface area contributed by atoms with Gasteiger partial charge in [-0.05, 0) is 27.8 Å². The Morgan fingerprint density at radius 3 is 2.41 bits per heavy atom. The molecular formula is C13H21BrN2O. The Bertz CT molecular complexity index is 416. The molecule has 0 amide bonds. The largest absolute Gasteiger partial charge is 0.299 e. The zero-order valence-electron chi connectivity index (χ0n) is 11.3. The molecule has 17 heavy (non-hydrogen) atoms. The summed E-state index contributed by atoms with van der Waals surface area (Å²) >= 11 is 3.53. The van der Waals surface area contributed by atoms with Gasteiger partial charge in [-0.2, -0.15) is 5.10 Å². The Morgan fingerprint density at radius 2 is 2.00 bits per heavy atom. The molecule has 0 N–H and O–H groups in total. The van der Waals surface area contributed by atoms with Crippen LogP contribution in [0.2, 0.25) is 0 Å². The van der Waals surface area contributed by atoms with Crippen molar-refractivity contribution in [1.82, 2.24) is 9.78 Å². The molecule has 0 atom stereocenters. The molecule has 0 unspecified atom stereocenters. The topological polar surface area (TPSA) is 34.9 Å². The Hall–Kier alpha value is -0.640. The van der Waals surface area contributed by atoms with E-state index in [4.69, 9.17) is 0 Å². The van der Waals surface area contributed by atoms with Crippen LogP contribution >= 0.6 is 15.9 Å². The molecule has 0 aliphatic rings. The summed E-state index contributed by atoms with van der Waals surface area (Å²) in [6, 6.07) is 0. The van der Waals surface area contributed by atoms with Crippen LogP contribution in [0.15, 0.2) is 4.47 Å². The van der Waals surface area contributed by atoms with E-state index >= 15 is 0 Å². The van der Waals surface area contributed by atoms with E-state index < -0.39 is 0 Å². The number of halogens is 1. The lowest BCUT2D eigenvalue weighted by Gasteiger charge is -2.16. The van der Waals surface area contributed by atoms with Crippen LogP contribution < -0.4 is 0 Å². The quantitative estimate of drug-likeness (QED) is 0.855. The van der Waals surface area contributed by atoms with Gasteiger partial charge in [0.2, 0.25) is 0 Å². The van der Waals surface area contributed by atoms with Crippen LogP contribution in [0.4, 0.5) is 0 Å².